The Labute approximate surface area is 202 Å². The van der Waals surface area contributed by atoms with Crippen molar-refractivity contribution in [3.63, 3.8) is 0 Å². The number of fused-ring (bicyclic) bond motifs is 3. The molecular weight excluding hydrogens is 426 g/mol. The molecule has 1 aromatic carbocycles. The summed E-state index contributed by atoms with van der Waals surface area (Å²) in [7, 11) is 2.18. The van der Waals surface area contributed by atoms with E-state index in [1.54, 1.807) is 0 Å². The van der Waals surface area contributed by atoms with Gasteiger partial charge in [-0.15, -0.1) is 0 Å². The zero-order chi connectivity index (χ0) is 23.2. The summed E-state index contributed by atoms with van der Waals surface area (Å²) in [6.07, 6.45) is 9.56. The van der Waals surface area contributed by atoms with Crippen LogP contribution in [0.5, 0.6) is 0 Å². The molecule has 6 rings (SSSR count). The third kappa shape index (κ3) is 4.26. The van der Waals surface area contributed by atoms with Crippen LogP contribution in [-0.2, 0) is 29.4 Å². The maximum atomic E-state index is 13.4. The summed E-state index contributed by atoms with van der Waals surface area (Å²) in [6.45, 7) is 3.24. The van der Waals surface area contributed by atoms with Crippen LogP contribution in [0.1, 0.15) is 66.6 Å². The van der Waals surface area contributed by atoms with Gasteiger partial charge in [-0.1, -0.05) is 0 Å². The Hall–Kier alpha value is -2.34. The number of likely N-dealkylation sites (tertiary alicyclic amines) is 1. The molecule has 0 spiro atoms. The molecule has 1 N–H and O–H groups in total. The third-order valence-corrected chi connectivity index (χ3v) is 8.82. The second kappa shape index (κ2) is 9.03. The van der Waals surface area contributed by atoms with Crippen LogP contribution in [0.2, 0.25) is 0 Å². The minimum Gasteiger partial charge on any atom is -0.381 e. The summed E-state index contributed by atoms with van der Waals surface area (Å²) in [4.78, 5) is 27.6. The number of hydrogen-bond acceptors (Lipinski definition) is 3. The first-order valence-corrected chi connectivity index (χ1v) is 13.3. The summed E-state index contributed by atoms with van der Waals surface area (Å²) in [5, 5.41) is 4.35. The van der Waals surface area contributed by atoms with Crippen LogP contribution >= 0.6 is 0 Å². The smallest absolute Gasteiger partial charge is 0.253 e. The van der Waals surface area contributed by atoms with Gasteiger partial charge in [0.2, 0.25) is 5.91 Å². The first kappa shape index (κ1) is 22.1. The fourth-order valence-corrected chi connectivity index (χ4v) is 6.67. The molecule has 2 aliphatic heterocycles. The van der Waals surface area contributed by atoms with Crippen molar-refractivity contribution in [1.29, 1.82) is 0 Å². The van der Waals surface area contributed by atoms with Crippen LogP contribution in [0.3, 0.4) is 0 Å². The Morgan fingerprint density at radius 2 is 1.88 bits per heavy atom. The van der Waals surface area contributed by atoms with E-state index in [-0.39, 0.29) is 17.7 Å². The Kier molecular flexibility index (Phi) is 5.88. The van der Waals surface area contributed by atoms with Gasteiger partial charge < -0.3 is 19.5 Å². The molecule has 2 saturated heterocycles. The highest BCUT2D eigenvalue weighted by molar-refractivity contribution is 5.99. The Morgan fingerprint density at radius 1 is 1.06 bits per heavy atom. The highest BCUT2D eigenvalue weighted by Gasteiger charge is 2.33. The number of nitrogens with one attached hydrogen (secondary N) is 1. The van der Waals surface area contributed by atoms with E-state index >= 15 is 0 Å². The summed E-state index contributed by atoms with van der Waals surface area (Å²) >= 11 is 0. The van der Waals surface area contributed by atoms with Crippen molar-refractivity contribution in [3.8, 4) is 0 Å². The number of carbonyl (C=O) groups is 2. The molecule has 6 nitrogen and oxygen atoms in total. The van der Waals surface area contributed by atoms with E-state index in [0.717, 1.165) is 69.3 Å². The van der Waals surface area contributed by atoms with Crippen LogP contribution in [0.25, 0.3) is 10.9 Å². The molecule has 1 saturated carbocycles. The van der Waals surface area contributed by atoms with Gasteiger partial charge in [0.1, 0.15) is 0 Å². The van der Waals surface area contributed by atoms with Gasteiger partial charge in [0.05, 0.1) is 0 Å². The molecule has 0 bridgehead atoms. The van der Waals surface area contributed by atoms with Gasteiger partial charge in [-0.25, -0.2) is 0 Å². The van der Waals surface area contributed by atoms with Crippen molar-refractivity contribution < 1.29 is 14.3 Å². The number of amides is 2. The zero-order valence-corrected chi connectivity index (χ0v) is 20.4. The van der Waals surface area contributed by atoms with Gasteiger partial charge >= 0.3 is 0 Å². The molecule has 182 valence electrons. The van der Waals surface area contributed by atoms with E-state index < -0.39 is 0 Å². The zero-order valence-electron chi connectivity index (χ0n) is 20.4. The summed E-state index contributed by atoms with van der Waals surface area (Å²) in [5.74, 6) is 2.03. The van der Waals surface area contributed by atoms with Gasteiger partial charge in [-0.05, 0) is 92.9 Å². The molecule has 2 aliphatic carbocycles. The number of aryl methyl sites for hydroxylation is 1. The highest BCUT2D eigenvalue weighted by atomic mass is 16.5. The number of rotatable bonds is 5. The lowest BCUT2D eigenvalue weighted by Crippen LogP contribution is -2.31. The van der Waals surface area contributed by atoms with E-state index in [9.17, 15) is 9.59 Å². The second-order valence-electron chi connectivity index (χ2n) is 11.1. The van der Waals surface area contributed by atoms with E-state index in [1.165, 1.54) is 41.4 Å². The Balaban J connectivity index is 1.18. The van der Waals surface area contributed by atoms with Crippen molar-refractivity contribution in [2.75, 3.05) is 26.3 Å². The van der Waals surface area contributed by atoms with Crippen molar-refractivity contribution in [3.05, 3.63) is 35.0 Å². The monoisotopic (exact) mass is 463 g/mol. The number of ether oxygens (including phenoxy) is 1. The predicted molar refractivity (Wildman–Crippen MR) is 132 cm³/mol. The number of benzene rings is 1. The van der Waals surface area contributed by atoms with Gasteiger partial charge in [0, 0.05) is 68.0 Å². The first-order valence-electron chi connectivity index (χ1n) is 13.3. The molecule has 2 aromatic rings. The Morgan fingerprint density at radius 3 is 2.68 bits per heavy atom. The maximum Gasteiger partial charge on any atom is 0.253 e. The summed E-state index contributed by atoms with van der Waals surface area (Å²) in [6, 6.07) is 6.69. The lowest BCUT2D eigenvalue weighted by atomic mass is 9.75. The molecule has 3 heterocycles. The van der Waals surface area contributed by atoms with Gasteiger partial charge in [-0.3, -0.25) is 9.59 Å². The van der Waals surface area contributed by atoms with Crippen LogP contribution in [0, 0.1) is 17.8 Å². The standard InChI is InChI=1S/C28H37N3O3/c1-30-25-6-2-20(19-9-12-34-13-10-19)15-23(25)24-16-21(3-7-26(24)30)28(33)31-11-8-18(17-31)14-27(32)29-22-4-5-22/h3,7,16,18-20,22H,2,4-6,8-15,17H2,1H3,(H,29,32)/t18?,20-/m1/s1. The average molecular weight is 464 g/mol. The van der Waals surface area contributed by atoms with Crippen LogP contribution in [-0.4, -0.2) is 53.6 Å². The highest BCUT2D eigenvalue weighted by Crippen LogP contribution is 2.39. The fourth-order valence-electron chi connectivity index (χ4n) is 6.67. The molecule has 6 heteroatoms. The molecule has 34 heavy (non-hydrogen) atoms. The summed E-state index contributed by atoms with van der Waals surface area (Å²) < 4.78 is 7.96. The lowest BCUT2D eigenvalue weighted by Gasteiger charge is -2.33. The lowest BCUT2D eigenvalue weighted by molar-refractivity contribution is -0.122. The minimum absolute atomic E-state index is 0.112. The van der Waals surface area contributed by atoms with Crippen molar-refractivity contribution >= 4 is 22.7 Å². The molecule has 0 radical (unpaired) electrons. The van der Waals surface area contributed by atoms with Gasteiger partial charge in [-0.2, -0.15) is 0 Å². The normalized spacial score (nSPS) is 25.5. The Bertz CT molecular complexity index is 1100. The molecule has 2 amide bonds. The van der Waals surface area contributed by atoms with Crippen molar-refractivity contribution in [2.45, 2.75) is 63.8 Å². The molecular formula is C28H37N3O3. The van der Waals surface area contributed by atoms with Crippen LogP contribution < -0.4 is 5.32 Å². The molecule has 4 aliphatic rings. The number of nitrogens with zero attached hydrogens (tertiary/aromatic N) is 2. The minimum atomic E-state index is 0.112. The van der Waals surface area contributed by atoms with E-state index in [1.807, 2.05) is 11.0 Å². The van der Waals surface area contributed by atoms with Crippen LogP contribution in [0.4, 0.5) is 0 Å². The molecule has 2 atom stereocenters. The third-order valence-electron chi connectivity index (χ3n) is 8.82. The first-order chi connectivity index (χ1) is 16.6. The van der Waals surface area contributed by atoms with Crippen molar-refractivity contribution in [2.24, 2.45) is 24.8 Å². The molecule has 3 fully saturated rings. The van der Waals surface area contributed by atoms with E-state index in [4.69, 9.17) is 4.74 Å². The number of hydrogen-bond donors (Lipinski definition) is 1. The van der Waals surface area contributed by atoms with Gasteiger partial charge in [0.25, 0.3) is 5.91 Å². The predicted octanol–water partition coefficient (Wildman–Crippen LogP) is 3.84. The second-order valence-corrected chi connectivity index (χ2v) is 11.1. The fraction of sp³-hybridized carbons (Fsp3) is 0.643. The van der Waals surface area contributed by atoms with E-state index in [2.05, 4.69) is 29.1 Å². The maximum absolute atomic E-state index is 13.4. The largest absolute Gasteiger partial charge is 0.381 e. The number of aromatic nitrogens is 1. The van der Waals surface area contributed by atoms with Crippen molar-refractivity contribution in [1.82, 2.24) is 14.8 Å². The molecule has 1 unspecified atom stereocenters. The quantitative estimate of drug-likeness (QED) is 0.733. The topological polar surface area (TPSA) is 63.6 Å². The SMILES string of the molecule is Cn1c2c(c3cc(C(=O)N4CCC(CC(=O)NC5CC5)C4)ccc31)C[C@H](C1CCOCC1)CC2. The van der Waals surface area contributed by atoms with Gasteiger partial charge in [0.15, 0.2) is 0 Å². The average Bonchev–Trinajstić information content (AvgIpc) is 3.48. The van der Waals surface area contributed by atoms with Crippen LogP contribution in [0.15, 0.2) is 18.2 Å². The summed E-state index contributed by atoms with van der Waals surface area (Å²) in [5.41, 5.74) is 4.94. The number of carbonyl (C=O) groups excluding carboxylic acids is 2. The van der Waals surface area contributed by atoms with E-state index in [0.29, 0.717) is 19.0 Å². The molecule has 1 aromatic heterocycles.